The van der Waals surface area contributed by atoms with Crippen LogP contribution >= 0.6 is 27.3 Å². The van der Waals surface area contributed by atoms with Gasteiger partial charge in [0.05, 0.1) is 4.47 Å². The fourth-order valence-electron chi connectivity index (χ4n) is 1.75. The number of aromatic hydroxyl groups is 1. The number of hydrogen-bond acceptors (Lipinski definition) is 3. The molecule has 0 aliphatic rings. The van der Waals surface area contributed by atoms with Gasteiger partial charge in [0.1, 0.15) is 5.75 Å². The molecule has 2 aromatic rings. The van der Waals surface area contributed by atoms with Gasteiger partial charge in [-0.3, -0.25) is 0 Å². The van der Waals surface area contributed by atoms with Crippen molar-refractivity contribution in [2.45, 2.75) is 26.4 Å². The number of halogens is 1. The molecule has 1 heterocycles. The average molecular weight is 326 g/mol. The Morgan fingerprint density at radius 2 is 2.11 bits per heavy atom. The van der Waals surface area contributed by atoms with Crippen molar-refractivity contribution in [1.82, 2.24) is 5.32 Å². The van der Waals surface area contributed by atoms with Crippen LogP contribution in [0.5, 0.6) is 5.75 Å². The van der Waals surface area contributed by atoms with Crippen LogP contribution in [0.3, 0.4) is 0 Å². The Morgan fingerprint density at radius 3 is 2.78 bits per heavy atom. The van der Waals surface area contributed by atoms with E-state index in [1.54, 1.807) is 11.3 Å². The highest BCUT2D eigenvalue weighted by atomic mass is 79.9. The molecule has 2 nitrogen and oxygen atoms in total. The number of nitrogens with one attached hydrogen (secondary N) is 1. The van der Waals surface area contributed by atoms with E-state index in [4.69, 9.17) is 0 Å². The summed E-state index contributed by atoms with van der Waals surface area (Å²) in [5.41, 5.74) is 0.907. The van der Waals surface area contributed by atoms with Crippen molar-refractivity contribution in [3.63, 3.8) is 0 Å². The van der Waals surface area contributed by atoms with Crippen LogP contribution in [0.25, 0.3) is 0 Å². The number of aryl methyl sites for hydroxylation is 1. The van der Waals surface area contributed by atoms with E-state index in [9.17, 15) is 5.11 Å². The lowest BCUT2D eigenvalue weighted by Gasteiger charge is -2.13. The first-order valence-corrected chi connectivity index (χ1v) is 7.45. The van der Waals surface area contributed by atoms with Crippen molar-refractivity contribution in [2.24, 2.45) is 0 Å². The monoisotopic (exact) mass is 325 g/mol. The van der Waals surface area contributed by atoms with Crippen molar-refractivity contribution in [3.8, 4) is 5.75 Å². The molecule has 1 aromatic carbocycles. The molecule has 4 heteroatoms. The molecule has 18 heavy (non-hydrogen) atoms. The molecule has 0 saturated carbocycles. The third kappa shape index (κ3) is 3.13. The number of phenols is 1. The maximum atomic E-state index is 9.90. The number of phenolic OH excluding ortho intramolecular Hbond substituents is 1. The Hall–Kier alpha value is -0.840. The summed E-state index contributed by atoms with van der Waals surface area (Å²) in [6.45, 7) is 4.91. The number of hydrogen-bond donors (Lipinski definition) is 2. The maximum absolute atomic E-state index is 9.90. The van der Waals surface area contributed by atoms with E-state index in [0.717, 1.165) is 10.0 Å². The zero-order chi connectivity index (χ0) is 13.1. The Labute approximate surface area is 120 Å². The number of thiophene rings is 1. The average Bonchev–Trinajstić information content (AvgIpc) is 2.77. The van der Waals surface area contributed by atoms with Crippen LogP contribution in [0.1, 0.15) is 28.3 Å². The quantitative estimate of drug-likeness (QED) is 0.874. The minimum Gasteiger partial charge on any atom is -0.506 e. The van der Waals surface area contributed by atoms with Crippen molar-refractivity contribution in [2.75, 3.05) is 0 Å². The topological polar surface area (TPSA) is 32.3 Å². The highest BCUT2D eigenvalue weighted by Crippen LogP contribution is 2.28. The lowest BCUT2D eigenvalue weighted by molar-refractivity contribution is 0.457. The Morgan fingerprint density at radius 1 is 1.33 bits per heavy atom. The second-order valence-electron chi connectivity index (χ2n) is 4.30. The minimum atomic E-state index is 0.294. The molecule has 1 atom stereocenters. The molecule has 0 saturated heterocycles. The van der Waals surface area contributed by atoms with Crippen LogP contribution in [-0.2, 0) is 6.54 Å². The molecule has 96 valence electrons. The van der Waals surface area contributed by atoms with Crippen molar-refractivity contribution in [1.29, 1.82) is 0 Å². The van der Waals surface area contributed by atoms with Gasteiger partial charge < -0.3 is 10.4 Å². The first kappa shape index (κ1) is 13.6. The predicted octanol–water partition coefficient (Wildman–Crippen LogP) is 4.38. The molecule has 0 aliphatic carbocycles. The molecule has 0 bridgehead atoms. The molecule has 1 unspecified atom stereocenters. The molecule has 0 aliphatic heterocycles. The Kier molecular flexibility index (Phi) is 4.43. The van der Waals surface area contributed by atoms with Gasteiger partial charge in [-0.1, -0.05) is 12.1 Å². The van der Waals surface area contributed by atoms with E-state index in [-0.39, 0.29) is 0 Å². The lowest BCUT2D eigenvalue weighted by atomic mass is 10.2. The van der Waals surface area contributed by atoms with E-state index in [0.29, 0.717) is 18.3 Å². The van der Waals surface area contributed by atoms with Crippen LogP contribution in [0, 0.1) is 6.92 Å². The van der Waals surface area contributed by atoms with Gasteiger partial charge >= 0.3 is 0 Å². The summed E-state index contributed by atoms with van der Waals surface area (Å²) in [6, 6.07) is 10.3. The Balaban J connectivity index is 2.01. The third-order valence-electron chi connectivity index (χ3n) is 2.86. The standard InChI is InChI=1S/C14H16BrNOS/c1-9-6-7-13(18-9)10(2)16-8-11-4-3-5-12(15)14(11)17/h3-7,10,16-17H,8H2,1-2H3. The Bertz CT molecular complexity index is 538. The van der Waals surface area contributed by atoms with Crippen LogP contribution in [0.15, 0.2) is 34.8 Å². The first-order chi connectivity index (χ1) is 8.58. The van der Waals surface area contributed by atoms with Gasteiger partial charge in [0.15, 0.2) is 0 Å². The van der Waals surface area contributed by atoms with Crippen molar-refractivity contribution < 1.29 is 5.11 Å². The van der Waals surface area contributed by atoms with Gasteiger partial charge in [0.2, 0.25) is 0 Å². The molecule has 2 N–H and O–H groups in total. The van der Waals surface area contributed by atoms with Crippen LogP contribution in [0.4, 0.5) is 0 Å². The molecule has 0 fully saturated rings. The van der Waals surface area contributed by atoms with Crippen LogP contribution in [0.2, 0.25) is 0 Å². The normalized spacial score (nSPS) is 12.6. The summed E-state index contributed by atoms with van der Waals surface area (Å²) < 4.78 is 0.737. The zero-order valence-corrected chi connectivity index (χ0v) is 12.8. The van der Waals surface area contributed by atoms with Gasteiger partial charge in [-0.2, -0.15) is 0 Å². The first-order valence-electron chi connectivity index (χ1n) is 5.84. The van der Waals surface area contributed by atoms with E-state index in [2.05, 4.69) is 47.2 Å². The van der Waals surface area contributed by atoms with Gasteiger partial charge in [-0.15, -0.1) is 11.3 Å². The van der Waals surface area contributed by atoms with Gasteiger partial charge in [-0.25, -0.2) is 0 Å². The minimum absolute atomic E-state index is 0.294. The number of rotatable bonds is 4. The van der Waals surface area contributed by atoms with E-state index in [1.807, 2.05) is 18.2 Å². The largest absolute Gasteiger partial charge is 0.506 e. The summed E-state index contributed by atoms with van der Waals surface area (Å²) in [5, 5.41) is 13.3. The van der Waals surface area contributed by atoms with E-state index < -0.39 is 0 Å². The maximum Gasteiger partial charge on any atom is 0.134 e. The number of benzene rings is 1. The van der Waals surface area contributed by atoms with Gasteiger partial charge in [0, 0.05) is 27.9 Å². The molecule has 1 aromatic heterocycles. The van der Waals surface area contributed by atoms with Crippen LogP contribution < -0.4 is 5.32 Å². The summed E-state index contributed by atoms with van der Waals surface area (Å²) in [6.07, 6.45) is 0. The second-order valence-corrected chi connectivity index (χ2v) is 6.47. The van der Waals surface area contributed by atoms with Crippen molar-refractivity contribution >= 4 is 27.3 Å². The summed E-state index contributed by atoms with van der Waals surface area (Å²) in [4.78, 5) is 2.64. The molecule has 0 spiro atoms. The highest BCUT2D eigenvalue weighted by molar-refractivity contribution is 9.10. The van der Waals surface area contributed by atoms with Crippen molar-refractivity contribution in [3.05, 3.63) is 50.1 Å². The third-order valence-corrected chi connectivity index (χ3v) is 4.68. The SMILES string of the molecule is Cc1ccc(C(C)NCc2cccc(Br)c2O)s1. The van der Waals surface area contributed by atoms with E-state index >= 15 is 0 Å². The summed E-state index contributed by atoms with van der Waals surface area (Å²) in [5.74, 6) is 0.319. The molecule has 2 rings (SSSR count). The zero-order valence-electron chi connectivity index (χ0n) is 10.4. The summed E-state index contributed by atoms with van der Waals surface area (Å²) >= 11 is 5.13. The molecular formula is C14H16BrNOS. The number of para-hydroxylation sites is 1. The fraction of sp³-hybridized carbons (Fsp3) is 0.286. The summed E-state index contributed by atoms with van der Waals surface area (Å²) in [7, 11) is 0. The molecular weight excluding hydrogens is 310 g/mol. The van der Waals surface area contributed by atoms with Gasteiger partial charge in [0.25, 0.3) is 0 Å². The molecule has 0 amide bonds. The predicted molar refractivity (Wildman–Crippen MR) is 80.1 cm³/mol. The molecule has 0 radical (unpaired) electrons. The smallest absolute Gasteiger partial charge is 0.134 e. The fourth-order valence-corrected chi connectivity index (χ4v) is 3.06. The van der Waals surface area contributed by atoms with Gasteiger partial charge in [-0.05, 0) is 48.0 Å². The second kappa shape index (κ2) is 5.87. The lowest BCUT2D eigenvalue weighted by Crippen LogP contribution is -2.17. The highest BCUT2D eigenvalue weighted by Gasteiger charge is 2.09. The van der Waals surface area contributed by atoms with Crippen LogP contribution in [-0.4, -0.2) is 5.11 Å². The van der Waals surface area contributed by atoms with E-state index in [1.165, 1.54) is 9.75 Å².